The second-order valence-electron chi connectivity index (χ2n) is 4.79. The first-order valence-electron chi connectivity index (χ1n) is 6.30. The molecule has 1 aromatic carbocycles. The van der Waals surface area contributed by atoms with Crippen molar-refractivity contribution in [3.05, 3.63) is 39.7 Å². The Morgan fingerprint density at radius 3 is 2.67 bits per heavy atom. The maximum atomic E-state index is 14.2. The molecule has 7 nitrogen and oxygen atoms in total. The van der Waals surface area contributed by atoms with E-state index < -0.39 is 22.2 Å². The highest BCUT2D eigenvalue weighted by Crippen LogP contribution is 2.40. The van der Waals surface area contributed by atoms with Gasteiger partial charge in [-0.25, -0.2) is 4.39 Å². The maximum absolute atomic E-state index is 14.2. The van der Waals surface area contributed by atoms with Crippen LogP contribution in [0.15, 0.2) is 12.1 Å². The molecule has 1 aliphatic carbocycles. The van der Waals surface area contributed by atoms with Gasteiger partial charge in [-0.3, -0.25) is 10.1 Å². The minimum Gasteiger partial charge on any atom is -0.324 e. The van der Waals surface area contributed by atoms with Crippen LogP contribution in [-0.2, 0) is 6.54 Å². The van der Waals surface area contributed by atoms with Crippen LogP contribution in [-0.4, -0.2) is 19.7 Å². The van der Waals surface area contributed by atoms with E-state index in [2.05, 4.69) is 10.2 Å². The predicted octanol–water partition coefficient (Wildman–Crippen LogP) is 1.93. The molecule has 2 aromatic rings. The summed E-state index contributed by atoms with van der Waals surface area (Å²) < 4.78 is 29.4. The van der Waals surface area contributed by atoms with Crippen molar-refractivity contribution in [2.45, 2.75) is 25.4 Å². The molecule has 9 heteroatoms. The Balaban J connectivity index is 2.21. The number of hydrogen-bond donors (Lipinski definition) is 1. The van der Waals surface area contributed by atoms with Crippen molar-refractivity contribution in [3.63, 3.8) is 0 Å². The minimum absolute atomic E-state index is 0.0676. The summed E-state index contributed by atoms with van der Waals surface area (Å²) in [7, 11) is 0. The number of nitrogens with two attached hydrogens (primary N) is 1. The number of hydrogen-bond acceptors (Lipinski definition) is 5. The van der Waals surface area contributed by atoms with Crippen LogP contribution in [0.1, 0.15) is 24.7 Å². The zero-order valence-corrected chi connectivity index (χ0v) is 10.8. The maximum Gasteiger partial charge on any atom is 0.308 e. The van der Waals surface area contributed by atoms with Crippen LogP contribution in [0.3, 0.4) is 0 Å². The number of rotatable bonds is 4. The molecule has 0 atom stereocenters. The van der Waals surface area contributed by atoms with Crippen LogP contribution in [0.2, 0.25) is 0 Å². The summed E-state index contributed by atoms with van der Waals surface area (Å²) in [6.07, 6.45) is 1.72. The van der Waals surface area contributed by atoms with Gasteiger partial charge in [-0.2, -0.15) is 4.39 Å². The number of benzene rings is 1. The van der Waals surface area contributed by atoms with Crippen molar-refractivity contribution in [1.82, 2.24) is 14.8 Å². The Kier molecular flexibility index (Phi) is 3.13. The molecule has 1 aliphatic rings. The highest BCUT2D eigenvalue weighted by atomic mass is 19.1. The van der Waals surface area contributed by atoms with E-state index in [9.17, 15) is 18.9 Å². The quantitative estimate of drug-likeness (QED) is 0.686. The van der Waals surface area contributed by atoms with Crippen LogP contribution in [0.5, 0.6) is 0 Å². The van der Waals surface area contributed by atoms with Gasteiger partial charge in [0.2, 0.25) is 5.82 Å². The van der Waals surface area contributed by atoms with Crippen molar-refractivity contribution in [2.75, 3.05) is 0 Å². The van der Waals surface area contributed by atoms with Crippen molar-refractivity contribution in [2.24, 2.45) is 5.73 Å². The van der Waals surface area contributed by atoms with Gasteiger partial charge in [0.05, 0.1) is 23.1 Å². The van der Waals surface area contributed by atoms with Crippen LogP contribution in [0.25, 0.3) is 11.4 Å². The van der Waals surface area contributed by atoms with Crippen molar-refractivity contribution >= 4 is 5.69 Å². The third kappa shape index (κ3) is 2.25. The lowest BCUT2D eigenvalue weighted by Crippen LogP contribution is -2.09. The average molecular weight is 295 g/mol. The number of halogens is 2. The predicted molar refractivity (Wildman–Crippen MR) is 68.2 cm³/mol. The molecule has 110 valence electrons. The Hall–Kier alpha value is -2.42. The monoisotopic (exact) mass is 295 g/mol. The van der Waals surface area contributed by atoms with Crippen LogP contribution < -0.4 is 5.73 Å². The van der Waals surface area contributed by atoms with Crippen LogP contribution in [0.4, 0.5) is 14.5 Å². The Morgan fingerprint density at radius 1 is 1.38 bits per heavy atom. The fourth-order valence-corrected chi connectivity index (χ4v) is 2.23. The largest absolute Gasteiger partial charge is 0.324 e. The van der Waals surface area contributed by atoms with Gasteiger partial charge < -0.3 is 10.3 Å². The van der Waals surface area contributed by atoms with E-state index in [1.807, 2.05) is 0 Å². The summed E-state index contributed by atoms with van der Waals surface area (Å²) in [6.45, 7) is 0.0997. The highest BCUT2D eigenvalue weighted by molar-refractivity contribution is 5.61. The molecule has 1 fully saturated rings. The lowest BCUT2D eigenvalue weighted by atomic mass is 10.1. The van der Waals surface area contributed by atoms with Gasteiger partial charge in [0.1, 0.15) is 11.6 Å². The molecular formula is C12H11F2N5O2. The molecule has 0 aliphatic heterocycles. The topological polar surface area (TPSA) is 99.9 Å². The van der Waals surface area contributed by atoms with Crippen LogP contribution >= 0.6 is 0 Å². The number of aromatic nitrogens is 3. The average Bonchev–Trinajstić information content (AvgIpc) is 3.20. The first-order chi connectivity index (χ1) is 10.0. The van der Waals surface area contributed by atoms with Gasteiger partial charge in [0, 0.05) is 6.04 Å². The highest BCUT2D eigenvalue weighted by Gasteiger charge is 2.32. The van der Waals surface area contributed by atoms with Crippen molar-refractivity contribution < 1.29 is 13.7 Å². The summed E-state index contributed by atoms with van der Waals surface area (Å²) in [5.74, 6) is -1.52. The molecule has 1 heterocycles. The molecule has 0 spiro atoms. The SMILES string of the molecule is NCc1nnc(-c2cc(F)cc([N+](=O)[O-])c2F)n1C1CC1. The second-order valence-corrected chi connectivity index (χ2v) is 4.79. The summed E-state index contributed by atoms with van der Waals surface area (Å²) in [6, 6.07) is 1.50. The fourth-order valence-electron chi connectivity index (χ4n) is 2.23. The molecule has 0 amide bonds. The third-order valence-electron chi connectivity index (χ3n) is 3.32. The molecule has 0 saturated heterocycles. The first kappa shape index (κ1) is 13.6. The fraction of sp³-hybridized carbons (Fsp3) is 0.333. The standard InChI is InChI=1S/C12H11F2N5O2/c13-6-3-8(11(14)9(4-6)19(20)21)12-17-16-10(5-15)18(12)7-1-2-7/h3-4,7H,1-2,5,15H2. The third-order valence-corrected chi connectivity index (χ3v) is 3.32. The molecule has 1 aromatic heterocycles. The van der Waals surface area contributed by atoms with Gasteiger partial charge in [-0.15, -0.1) is 10.2 Å². The second kappa shape index (κ2) is 4.85. The zero-order chi connectivity index (χ0) is 15.1. The minimum atomic E-state index is -1.13. The smallest absolute Gasteiger partial charge is 0.308 e. The van der Waals surface area contributed by atoms with Gasteiger partial charge in [0.25, 0.3) is 0 Å². The normalized spacial score (nSPS) is 14.4. The Bertz CT molecular complexity index is 727. The molecule has 0 unspecified atom stereocenters. The summed E-state index contributed by atoms with van der Waals surface area (Å²) in [5, 5.41) is 18.5. The van der Waals surface area contributed by atoms with E-state index in [1.165, 1.54) is 0 Å². The van der Waals surface area contributed by atoms with E-state index in [1.54, 1.807) is 4.57 Å². The molecule has 2 N–H and O–H groups in total. The summed E-state index contributed by atoms with van der Waals surface area (Å²) in [5.41, 5.74) is 4.35. The lowest BCUT2D eigenvalue weighted by molar-refractivity contribution is -0.387. The first-order valence-corrected chi connectivity index (χ1v) is 6.30. The van der Waals surface area contributed by atoms with Crippen molar-refractivity contribution in [3.8, 4) is 11.4 Å². The molecule has 21 heavy (non-hydrogen) atoms. The molecule has 3 rings (SSSR count). The molecule has 1 saturated carbocycles. The van der Waals surface area contributed by atoms with Gasteiger partial charge >= 0.3 is 5.69 Å². The van der Waals surface area contributed by atoms with E-state index in [0.29, 0.717) is 11.9 Å². The van der Waals surface area contributed by atoms with E-state index in [4.69, 9.17) is 5.73 Å². The van der Waals surface area contributed by atoms with E-state index in [-0.39, 0.29) is 24.0 Å². The van der Waals surface area contributed by atoms with E-state index >= 15 is 0 Å². The number of nitrogens with zero attached hydrogens (tertiary/aromatic N) is 4. The Morgan fingerprint density at radius 2 is 2.10 bits per heavy atom. The molecule has 0 bridgehead atoms. The van der Waals surface area contributed by atoms with Crippen molar-refractivity contribution in [1.29, 1.82) is 0 Å². The number of nitro groups is 1. The van der Waals surface area contributed by atoms with E-state index in [0.717, 1.165) is 18.9 Å². The number of nitro benzene ring substituents is 1. The summed E-state index contributed by atoms with van der Waals surface area (Å²) in [4.78, 5) is 9.82. The molecular weight excluding hydrogens is 284 g/mol. The summed E-state index contributed by atoms with van der Waals surface area (Å²) >= 11 is 0. The molecule has 0 radical (unpaired) electrons. The Labute approximate surface area is 117 Å². The van der Waals surface area contributed by atoms with Gasteiger partial charge in [0.15, 0.2) is 5.82 Å². The zero-order valence-electron chi connectivity index (χ0n) is 10.8. The van der Waals surface area contributed by atoms with Gasteiger partial charge in [-0.05, 0) is 18.9 Å². The van der Waals surface area contributed by atoms with Crippen LogP contribution in [0, 0.1) is 21.7 Å². The van der Waals surface area contributed by atoms with Gasteiger partial charge in [-0.1, -0.05) is 0 Å². The lowest BCUT2D eigenvalue weighted by Gasteiger charge is -2.09.